The van der Waals surface area contributed by atoms with Crippen LogP contribution in [0, 0.1) is 0 Å². The molecule has 2 aromatic carbocycles. The van der Waals surface area contributed by atoms with Crippen LogP contribution in [0.3, 0.4) is 0 Å². The van der Waals surface area contributed by atoms with Gasteiger partial charge in [0.15, 0.2) is 16.5 Å². The highest BCUT2D eigenvalue weighted by molar-refractivity contribution is 7.93. The summed E-state index contributed by atoms with van der Waals surface area (Å²) >= 11 is 0. The molecular weight excluding hydrogens is 395 g/mol. The summed E-state index contributed by atoms with van der Waals surface area (Å²) in [6.45, 7) is 0. The maximum Gasteiger partial charge on any atom is 0.346 e. The van der Waals surface area contributed by atoms with Gasteiger partial charge >= 0.3 is 7.60 Å². The molecule has 0 aliphatic rings. The van der Waals surface area contributed by atoms with Crippen molar-refractivity contribution in [1.29, 1.82) is 0 Å². The Hall–Kier alpha value is -1.90. The van der Waals surface area contributed by atoms with Crippen molar-refractivity contribution in [3.63, 3.8) is 0 Å². The first-order valence-corrected chi connectivity index (χ1v) is 11.2. The zero-order valence-corrected chi connectivity index (χ0v) is 16.3. The molecule has 0 saturated carbocycles. The van der Waals surface area contributed by atoms with E-state index in [9.17, 15) is 13.0 Å². The van der Waals surface area contributed by atoms with Gasteiger partial charge in [-0.05, 0) is 49.1 Å². The Kier molecular flexibility index (Phi) is 7.02. The number of hydrogen-bond acceptors (Lipinski definition) is 5. The van der Waals surface area contributed by atoms with Crippen LogP contribution < -0.4 is 9.47 Å². The van der Waals surface area contributed by atoms with E-state index in [0.29, 0.717) is 23.7 Å². The average Bonchev–Trinajstić information content (AvgIpc) is 2.58. The fourth-order valence-corrected chi connectivity index (χ4v) is 4.90. The van der Waals surface area contributed by atoms with Gasteiger partial charge in [-0.25, -0.2) is 0 Å². The van der Waals surface area contributed by atoms with E-state index in [1.165, 1.54) is 0 Å². The van der Waals surface area contributed by atoms with Gasteiger partial charge in [0.2, 0.25) is 0 Å². The van der Waals surface area contributed by atoms with Crippen LogP contribution in [-0.4, -0.2) is 34.9 Å². The van der Waals surface area contributed by atoms with Crippen molar-refractivity contribution in [2.45, 2.75) is 24.3 Å². The van der Waals surface area contributed by atoms with E-state index in [-0.39, 0.29) is 12.8 Å². The summed E-state index contributed by atoms with van der Waals surface area (Å²) in [5.74, 6) is 1.73. The van der Waals surface area contributed by atoms with Crippen LogP contribution in [0.5, 0.6) is 17.2 Å². The van der Waals surface area contributed by atoms with E-state index in [4.69, 9.17) is 23.8 Å². The lowest BCUT2D eigenvalue weighted by molar-refractivity contribution is 0.360. The molecule has 2 rings (SSSR count). The molecule has 3 N–H and O–H groups in total. The Balaban J connectivity index is 1.97. The summed E-state index contributed by atoms with van der Waals surface area (Å²) in [6, 6.07) is 14.2. The third kappa shape index (κ3) is 6.34. The molecule has 0 radical (unpaired) electrons. The zero-order valence-electron chi connectivity index (χ0n) is 14.6. The molecule has 10 heteroatoms. The van der Waals surface area contributed by atoms with Crippen molar-refractivity contribution in [3.8, 4) is 17.2 Å². The first-order valence-electron chi connectivity index (χ1n) is 8.02. The molecule has 148 valence electrons. The lowest BCUT2D eigenvalue weighted by Crippen LogP contribution is -2.20. The predicted octanol–water partition coefficient (Wildman–Crippen LogP) is 3.20. The predicted molar refractivity (Wildman–Crippen MR) is 99.8 cm³/mol. The van der Waals surface area contributed by atoms with Crippen molar-refractivity contribution in [2.75, 3.05) is 7.11 Å². The van der Waals surface area contributed by atoms with Crippen LogP contribution in [-0.2, 0) is 21.1 Å². The monoisotopic (exact) mass is 416 g/mol. The van der Waals surface area contributed by atoms with Gasteiger partial charge in [-0.3, -0.25) is 9.12 Å². The topological polar surface area (TPSA) is 130 Å². The van der Waals surface area contributed by atoms with E-state index < -0.39 is 22.7 Å². The minimum absolute atomic E-state index is 0.183. The summed E-state index contributed by atoms with van der Waals surface area (Å²) in [7, 11) is -8.22. The van der Waals surface area contributed by atoms with Gasteiger partial charge in [0, 0.05) is 0 Å². The summed E-state index contributed by atoms with van der Waals surface area (Å²) in [6.07, 6.45) is 0.228. The van der Waals surface area contributed by atoms with Crippen molar-refractivity contribution >= 4 is 17.7 Å². The minimum Gasteiger partial charge on any atom is -0.493 e. The number of rotatable bonds is 9. The highest BCUT2D eigenvalue weighted by Gasteiger charge is 2.38. The molecule has 0 spiro atoms. The molecule has 0 saturated heterocycles. The quantitative estimate of drug-likeness (QED) is 0.420. The van der Waals surface area contributed by atoms with Gasteiger partial charge in [0.1, 0.15) is 5.75 Å². The van der Waals surface area contributed by atoms with Gasteiger partial charge < -0.3 is 19.3 Å². The number of methoxy groups -OCH3 is 1. The molecule has 0 bridgehead atoms. The van der Waals surface area contributed by atoms with E-state index in [2.05, 4.69) is 0 Å². The van der Waals surface area contributed by atoms with Gasteiger partial charge in [-0.1, -0.05) is 24.3 Å². The van der Waals surface area contributed by atoms with Crippen molar-refractivity contribution in [2.24, 2.45) is 0 Å². The second-order valence-corrected chi connectivity index (χ2v) is 9.60. The molecule has 0 aliphatic carbocycles. The molecule has 0 heterocycles. The van der Waals surface area contributed by atoms with E-state index in [0.717, 1.165) is 5.56 Å². The lowest BCUT2D eigenvalue weighted by Gasteiger charge is -2.15. The van der Waals surface area contributed by atoms with Crippen LogP contribution in [0.1, 0.15) is 18.4 Å². The summed E-state index contributed by atoms with van der Waals surface area (Å²) in [4.78, 5) is 16.1. The second kappa shape index (κ2) is 8.86. The molecule has 1 atom stereocenters. The third-order valence-electron chi connectivity index (χ3n) is 3.86. The van der Waals surface area contributed by atoms with Crippen molar-refractivity contribution in [3.05, 3.63) is 54.1 Å². The zero-order chi connectivity index (χ0) is 20.1. The first kappa shape index (κ1) is 21.4. The standard InChI is InChI=1S/C17H21O8PS/c1-24-15-6-2-3-7-16(15)25-14-11-9-13(10-12-14)5-4-8-17(26(18,19)20)27(21,22)23/h2-3,6-7,9-12,17H,4-5,8H2,1H3,(H2,18,19,20)(H,21,22,23). The highest BCUT2D eigenvalue weighted by atomic mass is 32.2. The Morgan fingerprint density at radius 2 is 1.63 bits per heavy atom. The van der Waals surface area contributed by atoms with Gasteiger partial charge in [-0.15, -0.1) is 0 Å². The second-order valence-electron chi connectivity index (χ2n) is 5.85. The van der Waals surface area contributed by atoms with E-state index in [1.54, 1.807) is 43.5 Å². The SMILES string of the molecule is COc1ccccc1Oc1ccc(CCCC(P(=O)(O)O)S(=O)(=O)O)cc1. The smallest absolute Gasteiger partial charge is 0.346 e. The van der Waals surface area contributed by atoms with Crippen LogP contribution in [0.15, 0.2) is 48.5 Å². The fraction of sp³-hybridized carbons (Fsp3) is 0.294. The molecular formula is C17H21O8PS. The lowest BCUT2D eigenvalue weighted by atomic mass is 10.1. The van der Waals surface area contributed by atoms with Crippen LogP contribution >= 0.6 is 7.60 Å². The Labute approximate surface area is 157 Å². The largest absolute Gasteiger partial charge is 0.493 e. The minimum atomic E-state index is -4.94. The molecule has 2 aromatic rings. The third-order valence-corrected chi connectivity index (χ3v) is 7.41. The summed E-state index contributed by atoms with van der Waals surface area (Å²) in [5, 5.41) is 0. The number of para-hydroxylation sites is 2. The van der Waals surface area contributed by atoms with Crippen molar-refractivity contribution < 1.29 is 36.8 Å². The Morgan fingerprint density at radius 1 is 1.04 bits per heavy atom. The molecule has 1 unspecified atom stereocenters. The average molecular weight is 416 g/mol. The van der Waals surface area contributed by atoms with Crippen LogP contribution in [0.4, 0.5) is 0 Å². The molecule has 8 nitrogen and oxygen atoms in total. The number of aryl methyl sites for hydroxylation is 1. The van der Waals surface area contributed by atoms with Crippen molar-refractivity contribution in [1.82, 2.24) is 0 Å². The molecule has 0 aromatic heterocycles. The molecule has 27 heavy (non-hydrogen) atoms. The maximum absolute atomic E-state index is 11.2. The molecule has 0 amide bonds. The number of ether oxygens (including phenoxy) is 2. The number of hydrogen-bond donors (Lipinski definition) is 3. The molecule has 0 fully saturated rings. The Morgan fingerprint density at radius 3 is 2.15 bits per heavy atom. The summed E-state index contributed by atoms with van der Waals surface area (Å²) < 4.78 is 53.4. The maximum atomic E-state index is 11.2. The van der Waals surface area contributed by atoms with E-state index >= 15 is 0 Å². The normalized spacial score (nSPS) is 13.2. The summed E-state index contributed by atoms with van der Waals surface area (Å²) in [5.41, 5.74) is 0.835. The fourth-order valence-electron chi connectivity index (χ4n) is 2.53. The number of benzene rings is 2. The van der Waals surface area contributed by atoms with Crippen LogP contribution in [0.2, 0.25) is 0 Å². The first-order chi connectivity index (χ1) is 12.6. The van der Waals surface area contributed by atoms with Crippen LogP contribution in [0.25, 0.3) is 0 Å². The molecule has 0 aliphatic heterocycles. The van der Waals surface area contributed by atoms with E-state index in [1.807, 2.05) is 12.1 Å². The van der Waals surface area contributed by atoms with Gasteiger partial charge in [0.05, 0.1) is 7.11 Å². The highest BCUT2D eigenvalue weighted by Crippen LogP contribution is 2.46. The Bertz CT molecular complexity index is 905. The van der Waals surface area contributed by atoms with Gasteiger partial charge in [0.25, 0.3) is 10.1 Å². The van der Waals surface area contributed by atoms with Gasteiger partial charge in [-0.2, -0.15) is 8.42 Å².